The van der Waals surface area contributed by atoms with Crippen LogP contribution in [0.3, 0.4) is 0 Å². The molecule has 0 saturated carbocycles. The van der Waals surface area contributed by atoms with Gasteiger partial charge in [-0.2, -0.15) is 8.42 Å². The number of carboxylic acid groups (broad SMARTS) is 2. The third-order valence-corrected chi connectivity index (χ3v) is 2.73. The lowest BCUT2D eigenvalue weighted by Crippen LogP contribution is -2.10. The topological polar surface area (TPSA) is 248 Å². The summed E-state index contributed by atoms with van der Waals surface area (Å²) in [5.74, 6) is -3.65. The van der Waals surface area contributed by atoms with Crippen LogP contribution in [0.15, 0.2) is 36.4 Å². The number of aromatic carboxylic acids is 2. The molecule has 0 atom stereocenters. The summed E-state index contributed by atoms with van der Waals surface area (Å²) < 4.78 is 40.5. The quantitative estimate of drug-likeness (QED) is 0.280. The number of pyridine rings is 2. The molecule has 0 aliphatic rings. The highest BCUT2D eigenvalue weighted by atomic mass is 32.3. The minimum absolute atomic E-state index is 0.0791. The molecule has 2 aromatic heterocycles. The Bertz CT molecular complexity index is 986. The zero-order valence-electron chi connectivity index (χ0n) is 17.3. The van der Waals surface area contributed by atoms with Crippen molar-refractivity contribution in [3.63, 3.8) is 0 Å². The van der Waals surface area contributed by atoms with Gasteiger partial charge < -0.3 is 24.8 Å². The summed E-state index contributed by atoms with van der Waals surface area (Å²) in [6.45, 7) is 0. The Labute approximate surface area is 186 Å². The first kappa shape index (κ1) is 31.2. The van der Waals surface area contributed by atoms with Crippen molar-refractivity contribution < 1.29 is 61.5 Å². The molecular formula is C17H20N2O13S. The molecule has 0 fully saturated rings. The van der Waals surface area contributed by atoms with Crippen molar-refractivity contribution >= 4 is 34.3 Å². The van der Waals surface area contributed by atoms with Gasteiger partial charge in [-0.1, -0.05) is 12.1 Å². The molecule has 0 radical (unpaired) electrons. The van der Waals surface area contributed by atoms with E-state index in [1.807, 2.05) is 0 Å². The van der Waals surface area contributed by atoms with Crippen molar-refractivity contribution in [1.29, 1.82) is 0 Å². The summed E-state index contributed by atoms with van der Waals surface area (Å²) in [5, 5.41) is 23.9. The highest BCUT2D eigenvalue weighted by molar-refractivity contribution is 7.79. The van der Waals surface area contributed by atoms with Crippen LogP contribution in [0.2, 0.25) is 0 Å². The normalized spacial score (nSPS) is 9.27. The van der Waals surface area contributed by atoms with Crippen LogP contribution in [0.1, 0.15) is 42.0 Å². The first-order valence-corrected chi connectivity index (χ1v) is 9.41. The highest BCUT2D eigenvalue weighted by Crippen LogP contribution is 2.02. The van der Waals surface area contributed by atoms with Crippen molar-refractivity contribution in [2.45, 2.75) is 0 Å². The smallest absolute Gasteiger partial charge is 0.394 e. The molecule has 182 valence electrons. The summed E-state index contributed by atoms with van der Waals surface area (Å²) in [4.78, 5) is 49.9. The van der Waals surface area contributed by atoms with Gasteiger partial charge >= 0.3 is 34.3 Å². The Morgan fingerprint density at radius 3 is 1.18 bits per heavy atom. The van der Waals surface area contributed by atoms with E-state index in [2.05, 4.69) is 19.4 Å². The van der Waals surface area contributed by atoms with E-state index in [9.17, 15) is 19.2 Å². The molecule has 33 heavy (non-hydrogen) atoms. The number of methoxy groups -OCH3 is 2. The summed E-state index contributed by atoms with van der Waals surface area (Å²) in [6.07, 6.45) is 0. The third kappa shape index (κ3) is 14.6. The minimum atomic E-state index is -4.67. The number of aromatic nitrogens is 2. The number of carboxylic acids is 2. The van der Waals surface area contributed by atoms with Gasteiger partial charge in [0.1, 0.15) is 22.8 Å². The zero-order valence-corrected chi connectivity index (χ0v) is 18.1. The Morgan fingerprint density at radius 2 is 0.939 bits per heavy atom. The van der Waals surface area contributed by atoms with Gasteiger partial charge in [0.15, 0.2) is 0 Å². The molecule has 5 N–H and O–H groups in total. The SMILES string of the molecule is CO.COC(=O)c1cccc(C(=O)OC)n1.O=C(O)c1cccc(C(=O)O)n1.O=S(=O)(O)O. The van der Waals surface area contributed by atoms with Gasteiger partial charge in [-0.3, -0.25) is 9.11 Å². The van der Waals surface area contributed by atoms with Crippen molar-refractivity contribution in [3.8, 4) is 0 Å². The van der Waals surface area contributed by atoms with Crippen LogP contribution in [-0.4, -0.2) is 88.0 Å². The average Bonchev–Trinajstić information content (AvgIpc) is 2.78. The van der Waals surface area contributed by atoms with E-state index in [1.165, 1.54) is 50.6 Å². The number of aliphatic hydroxyl groups excluding tert-OH is 1. The maximum Gasteiger partial charge on any atom is 0.394 e. The minimum Gasteiger partial charge on any atom is -0.477 e. The van der Waals surface area contributed by atoms with Gasteiger partial charge in [0.05, 0.1) is 14.2 Å². The molecule has 16 heteroatoms. The van der Waals surface area contributed by atoms with Crippen molar-refractivity contribution in [1.82, 2.24) is 9.97 Å². The molecule has 0 spiro atoms. The van der Waals surface area contributed by atoms with Gasteiger partial charge in [0, 0.05) is 7.11 Å². The molecule has 15 nitrogen and oxygen atoms in total. The fraction of sp³-hybridized carbons (Fsp3) is 0.176. The predicted octanol–water partition coefficient (Wildman–Crippen LogP) is 0.0885. The number of carbonyl (C=O) groups is 4. The third-order valence-electron chi connectivity index (χ3n) is 2.73. The number of carbonyl (C=O) groups excluding carboxylic acids is 2. The monoisotopic (exact) mass is 492 g/mol. The van der Waals surface area contributed by atoms with E-state index >= 15 is 0 Å². The van der Waals surface area contributed by atoms with Crippen LogP contribution in [-0.2, 0) is 19.9 Å². The molecule has 0 saturated heterocycles. The molecule has 0 aliphatic carbocycles. The summed E-state index contributed by atoms with van der Waals surface area (Å²) in [7, 11) is -1.18. The first-order chi connectivity index (χ1) is 15.3. The van der Waals surface area contributed by atoms with E-state index in [0.29, 0.717) is 0 Å². The predicted molar refractivity (Wildman–Crippen MR) is 107 cm³/mol. The lowest BCUT2D eigenvalue weighted by atomic mass is 10.3. The van der Waals surface area contributed by atoms with Gasteiger partial charge in [0.25, 0.3) is 0 Å². The van der Waals surface area contributed by atoms with E-state index in [4.69, 9.17) is 32.8 Å². The van der Waals surface area contributed by atoms with Crippen molar-refractivity contribution in [3.05, 3.63) is 59.2 Å². The Balaban J connectivity index is 0. The molecule has 2 heterocycles. The average molecular weight is 492 g/mol. The largest absolute Gasteiger partial charge is 0.477 e. The Hall–Kier alpha value is -3.99. The van der Waals surface area contributed by atoms with Gasteiger partial charge in [-0.25, -0.2) is 29.1 Å². The molecule has 2 aromatic rings. The number of aliphatic hydroxyl groups is 1. The molecule has 0 aliphatic heterocycles. The lowest BCUT2D eigenvalue weighted by molar-refractivity contribution is 0.0582. The summed E-state index contributed by atoms with van der Waals surface area (Å²) in [6, 6.07) is 8.24. The summed E-state index contributed by atoms with van der Waals surface area (Å²) >= 11 is 0. The number of rotatable bonds is 4. The molecular weight excluding hydrogens is 472 g/mol. The van der Waals surface area contributed by atoms with Gasteiger partial charge in [-0.15, -0.1) is 0 Å². The second-order valence-electron chi connectivity index (χ2n) is 4.86. The molecule has 0 amide bonds. The van der Waals surface area contributed by atoms with Gasteiger partial charge in [-0.05, 0) is 24.3 Å². The van der Waals surface area contributed by atoms with E-state index in [0.717, 1.165) is 7.11 Å². The molecule has 0 unspecified atom stereocenters. The van der Waals surface area contributed by atoms with Crippen molar-refractivity contribution in [2.75, 3.05) is 21.3 Å². The fourth-order valence-electron chi connectivity index (χ4n) is 1.54. The zero-order chi connectivity index (χ0) is 26.2. The number of esters is 2. The number of hydrogen-bond donors (Lipinski definition) is 5. The second kappa shape index (κ2) is 15.8. The van der Waals surface area contributed by atoms with Gasteiger partial charge in [0.2, 0.25) is 0 Å². The number of nitrogens with zero attached hydrogens (tertiary/aromatic N) is 2. The van der Waals surface area contributed by atoms with E-state index < -0.39 is 34.3 Å². The maximum absolute atomic E-state index is 11.0. The standard InChI is InChI=1S/C9H9NO4.C7H5NO4.CH4O.H2O4S/c1-13-8(11)6-4-3-5-7(10-6)9(12)14-2;9-6(10)4-2-1-3-5(8-4)7(11)12;1-2;1-5(2,3)4/h3-5H,1-2H3;1-3H,(H,9,10)(H,11,12);2H,1H3;(H2,1,2,3,4). The lowest BCUT2D eigenvalue weighted by Gasteiger charge is -2.00. The molecule has 0 aromatic carbocycles. The number of hydrogen-bond acceptors (Lipinski definition) is 11. The van der Waals surface area contributed by atoms with Crippen LogP contribution < -0.4 is 0 Å². The highest BCUT2D eigenvalue weighted by Gasteiger charge is 2.12. The Morgan fingerprint density at radius 1 is 0.697 bits per heavy atom. The fourth-order valence-corrected chi connectivity index (χ4v) is 1.54. The van der Waals surface area contributed by atoms with Crippen LogP contribution in [0, 0.1) is 0 Å². The second-order valence-corrected chi connectivity index (χ2v) is 5.75. The van der Waals surface area contributed by atoms with Crippen LogP contribution in [0.5, 0.6) is 0 Å². The summed E-state index contributed by atoms with van der Waals surface area (Å²) in [5.41, 5.74) is -0.379. The van der Waals surface area contributed by atoms with E-state index in [1.54, 1.807) is 0 Å². The first-order valence-electron chi connectivity index (χ1n) is 8.02. The molecule has 0 bridgehead atoms. The molecule has 2 rings (SSSR count). The maximum atomic E-state index is 11.0. The Kier molecular flexibility index (Phi) is 14.9. The number of ether oxygens (including phenoxy) is 2. The van der Waals surface area contributed by atoms with Crippen molar-refractivity contribution in [2.24, 2.45) is 0 Å². The van der Waals surface area contributed by atoms with Crippen LogP contribution in [0.25, 0.3) is 0 Å². The van der Waals surface area contributed by atoms with E-state index in [-0.39, 0.29) is 22.8 Å². The van der Waals surface area contributed by atoms with Crippen LogP contribution >= 0.6 is 0 Å². The van der Waals surface area contributed by atoms with Crippen LogP contribution in [0.4, 0.5) is 0 Å².